The molecule has 2 aliphatic heterocycles. The number of imidazole rings is 1. The number of rotatable bonds is 6. The van der Waals surface area contributed by atoms with Crippen LogP contribution in [0.1, 0.15) is 33.8 Å². The second kappa shape index (κ2) is 8.59. The predicted octanol–water partition coefficient (Wildman–Crippen LogP) is 1.26. The minimum atomic E-state index is -0.717. The van der Waals surface area contributed by atoms with Gasteiger partial charge in [-0.15, -0.1) is 0 Å². The van der Waals surface area contributed by atoms with E-state index in [-0.39, 0.29) is 30.0 Å². The largest absolute Gasteiger partial charge is 0.368 e. The number of amides is 2. The number of carbonyl (C=O) groups excluding carboxylic acids is 3. The Morgan fingerprint density at radius 2 is 1.97 bits per heavy atom. The van der Waals surface area contributed by atoms with Gasteiger partial charge in [0, 0.05) is 42.6 Å². The van der Waals surface area contributed by atoms with Gasteiger partial charge in [-0.05, 0) is 54.3 Å². The molecule has 0 radical (unpaired) electrons. The minimum Gasteiger partial charge on any atom is -0.368 e. The van der Waals surface area contributed by atoms with Gasteiger partial charge in [0.1, 0.15) is 12.6 Å². The molecule has 3 aromatic rings. The molecule has 9 nitrogen and oxygen atoms in total. The Bertz CT molecular complexity index is 1190. The zero-order chi connectivity index (χ0) is 22.9. The van der Waals surface area contributed by atoms with Gasteiger partial charge in [-0.1, -0.05) is 0 Å². The van der Waals surface area contributed by atoms with Crippen molar-refractivity contribution in [1.29, 1.82) is 0 Å². The smallest absolute Gasteiger partial charge is 0.249 e. The first-order chi connectivity index (χ1) is 16.0. The summed E-state index contributed by atoms with van der Waals surface area (Å²) in [5.74, 6) is -1.64. The molecule has 4 heterocycles. The summed E-state index contributed by atoms with van der Waals surface area (Å²) in [7, 11) is 0. The Morgan fingerprint density at radius 3 is 2.70 bits per heavy atom. The lowest BCUT2D eigenvalue weighted by Gasteiger charge is -2.28. The third-order valence-electron chi connectivity index (χ3n) is 6.36. The molecule has 0 saturated carbocycles. The highest BCUT2D eigenvalue weighted by molar-refractivity contribution is 5.99. The fraction of sp³-hybridized carbons (Fsp3) is 0.292. The molecule has 2 aromatic heterocycles. The predicted molar refractivity (Wildman–Crippen MR) is 118 cm³/mol. The van der Waals surface area contributed by atoms with Crippen LogP contribution in [0.2, 0.25) is 0 Å². The van der Waals surface area contributed by atoms with Crippen LogP contribution in [0, 0.1) is 0 Å². The molecule has 2 aliphatic rings. The number of hydrogen-bond acceptors (Lipinski definition) is 6. The van der Waals surface area contributed by atoms with Gasteiger partial charge >= 0.3 is 0 Å². The first-order valence-electron chi connectivity index (χ1n) is 10.8. The summed E-state index contributed by atoms with van der Waals surface area (Å²) in [6.07, 6.45) is 9.07. The van der Waals surface area contributed by atoms with Crippen molar-refractivity contribution in [3.63, 3.8) is 0 Å². The molecule has 0 spiro atoms. The first kappa shape index (κ1) is 21.0. The highest BCUT2D eigenvalue weighted by atomic mass is 16.5. The maximum Gasteiger partial charge on any atom is 0.249 e. The number of pyridine rings is 1. The van der Waals surface area contributed by atoms with E-state index in [0.717, 1.165) is 11.3 Å². The lowest BCUT2D eigenvalue weighted by molar-refractivity contribution is -0.137. The van der Waals surface area contributed by atoms with Crippen LogP contribution in [0.4, 0.5) is 0 Å². The van der Waals surface area contributed by atoms with Crippen molar-refractivity contribution in [1.82, 2.24) is 19.4 Å². The molecule has 3 unspecified atom stereocenters. The maximum atomic E-state index is 13.9. The standard InChI is InChI=1S/C24H23N5O4/c25-23(31)17-2-1-16(28-10-8-27-14-28)12-18(17)19(11-15-3-6-26-7-4-15)24(32)29-9-5-21-22(29)20(30)13-33-21/h1-4,6-8,10,12,14,19,21-22H,5,9,11,13H2,(H2,25,31). The lowest BCUT2D eigenvalue weighted by atomic mass is 9.86. The van der Waals surface area contributed by atoms with Crippen LogP contribution in [0.5, 0.6) is 0 Å². The third kappa shape index (κ3) is 3.91. The van der Waals surface area contributed by atoms with Gasteiger partial charge in [0.2, 0.25) is 11.8 Å². The fourth-order valence-corrected chi connectivity index (χ4v) is 4.76. The van der Waals surface area contributed by atoms with E-state index >= 15 is 0 Å². The van der Waals surface area contributed by atoms with E-state index in [9.17, 15) is 14.4 Å². The summed E-state index contributed by atoms with van der Waals surface area (Å²) >= 11 is 0. The average molecular weight is 445 g/mol. The quantitative estimate of drug-likeness (QED) is 0.610. The molecule has 0 aliphatic carbocycles. The van der Waals surface area contributed by atoms with Crippen molar-refractivity contribution in [3.8, 4) is 5.69 Å². The van der Waals surface area contributed by atoms with Gasteiger partial charge in [-0.2, -0.15) is 0 Å². The van der Waals surface area contributed by atoms with E-state index in [4.69, 9.17) is 10.5 Å². The van der Waals surface area contributed by atoms with Gasteiger partial charge in [0.25, 0.3) is 0 Å². The highest BCUT2D eigenvalue weighted by Gasteiger charge is 2.48. The Balaban J connectivity index is 1.60. The summed E-state index contributed by atoms with van der Waals surface area (Å²) < 4.78 is 7.36. The number of nitrogens with two attached hydrogens (primary N) is 1. The molecule has 2 amide bonds. The van der Waals surface area contributed by atoms with Crippen molar-refractivity contribution in [3.05, 3.63) is 78.1 Å². The zero-order valence-electron chi connectivity index (χ0n) is 17.8. The number of primary amides is 1. The molecule has 2 saturated heterocycles. The molecule has 2 N–H and O–H groups in total. The Labute approximate surface area is 190 Å². The molecule has 1 aromatic carbocycles. The lowest BCUT2D eigenvalue weighted by Crippen LogP contribution is -2.44. The Kier molecular flexibility index (Phi) is 5.47. The number of nitrogens with zero attached hydrogens (tertiary/aromatic N) is 4. The Hall–Kier alpha value is -3.85. The molecule has 9 heteroatoms. The topological polar surface area (TPSA) is 120 Å². The number of ketones is 1. The number of carbonyl (C=O) groups is 3. The van der Waals surface area contributed by atoms with E-state index in [0.29, 0.717) is 24.9 Å². The number of likely N-dealkylation sites (tertiary alicyclic amines) is 1. The summed E-state index contributed by atoms with van der Waals surface area (Å²) in [5, 5.41) is 0. The highest BCUT2D eigenvalue weighted by Crippen LogP contribution is 2.34. The van der Waals surface area contributed by atoms with E-state index < -0.39 is 17.9 Å². The second-order valence-corrected chi connectivity index (χ2v) is 8.30. The van der Waals surface area contributed by atoms with Crippen molar-refractivity contribution in [2.75, 3.05) is 13.2 Å². The van der Waals surface area contributed by atoms with Crippen LogP contribution in [-0.4, -0.2) is 62.3 Å². The number of aromatic nitrogens is 3. The van der Waals surface area contributed by atoms with Gasteiger partial charge in [0.15, 0.2) is 5.78 Å². The fourth-order valence-electron chi connectivity index (χ4n) is 4.76. The van der Waals surface area contributed by atoms with E-state index in [1.54, 1.807) is 58.8 Å². The minimum absolute atomic E-state index is 0.0246. The first-order valence-corrected chi connectivity index (χ1v) is 10.8. The van der Waals surface area contributed by atoms with Crippen LogP contribution >= 0.6 is 0 Å². The number of fused-ring (bicyclic) bond motifs is 1. The Morgan fingerprint density at radius 1 is 1.15 bits per heavy atom. The van der Waals surface area contributed by atoms with Gasteiger partial charge in [-0.25, -0.2) is 4.98 Å². The number of ether oxygens (including phenoxy) is 1. The molecule has 5 rings (SSSR count). The van der Waals surface area contributed by atoms with Crippen molar-refractivity contribution < 1.29 is 19.1 Å². The van der Waals surface area contributed by atoms with Crippen LogP contribution in [-0.2, 0) is 20.7 Å². The number of Topliss-reactive ketones (excluding diaryl/α,β-unsaturated/α-hetero) is 1. The third-order valence-corrected chi connectivity index (χ3v) is 6.36. The number of benzene rings is 1. The summed E-state index contributed by atoms with van der Waals surface area (Å²) in [5.41, 5.74) is 8.14. The van der Waals surface area contributed by atoms with Crippen LogP contribution in [0.3, 0.4) is 0 Å². The molecule has 2 fully saturated rings. The van der Waals surface area contributed by atoms with Gasteiger partial charge in [0.05, 0.1) is 18.3 Å². The molecular formula is C24H23N5O4. The molecule has 0 bridgehead atoms. The van der Waals surface area contributed by atoms with E-state index in [1.165, 1.54) is 0 Å². The van der Waals surface area contributed by atoms with Crippen molar-refractivity contribution in [2.24, 2.45) is 5.73 Å². The van der Waals surface area contributed by atoms with Crippen LogP contribution in [0.15, 0.2) is 61.4 Å². The maximum absolute atomic E-state index is 13.9. The zero-order valence-corrected chi connectivity index (χ0v) is 17.8. The monoisotopic (exact) mass is 445 g/mol. The molecule has 33 heavy (non-hydrogen) atoms. The van der Waals surface area contributed by atoms with E-state index in [1.807, 2.05) is 12.1 Å². The second-order valence-electron chi connectivity index (χ2n) is 8.30. The summed E-state index contributed by atoms with van der Waals surface area (Å²) in [6, 6.07) is 8.29. The normalized spacial score (nSPS) is 20.6. The molecular weight excluding hydrogens is 422 g/mol. The van der Waals surface area contributed by atoms with Gasteiger partial charge < -0.3 is 19.9 Å². The van der Waals surface area contributed by atoms with Crippen LogP contribution in [0.25, 0.3) is 5.69 Å². The average Bonchev–Trinajstić information content (AvgIpc) is 3.57. The van der Waals surface area contributed by atoms with Crippen LogP contribution < -0.4 is 5.73 Å². The molecule has 168 valence electrons. The summed E-state index contributed by atoms with van der Waals surface area (Å²) in [4.78, 5) is 48.5. The molecule has 3 atom stereocenters. The van der Waals surface area contributed by atoms with Crippen molar-refractivity contribution >= 4 is 17.6 Å². The van der Waals surface area contributed by atoms with Crippen molar-refractivity contribution in [2.45, 2.75) is 30.9 Å². The van der Waals surface area contributed by atoms with E-state index in [2.05, 4.69) is 9.97 Å². The SMILES string of the molecule is NC(=O)c1ccc(-n2ccnc2)cc1C(Cc1ccncc1)C(=O)N1CCC2OCC(=O)C21. The number of hydrogen-bond donors (Lipinski definition) is 1. The van der Waals surface area contributed by atoms with Gasteiger partial charge in [-0.3, -0.25) is 19.4 Å². The summed E-state index contributed by atoms with van der Waals surface area (Å²) in [6.45, 7) is 0.455.